The number of carbonyl (C=O) groups excluding carboxylic acids is 1. The van der Waals surface area contributed by atoms with Gasteiger partial charge in [0.25, 0.3) is 0 Å². The maximum Gasteiger partial charge on any atom is 0.381 e. The number of carbonyl (C=O) groups is 1. The van der Waals surface area contributed by atoms with E-state index in [0.29, 0.717) is 0 Å². The minimum atomic E-state index is -6.65. The molecule has 150 valence electrons. The Morgan fingerprint density at radius 1 is 0.840 bits per heavy atom. The van der Waals surface area contributed by atoms with Crippen LogP contribution in [0.5, 0.6) is 0 Å². The molecule has 0 amide bonds. The summed E-state index contributed by atoms with van der Waals surface area (Å²) >= 11 is 0. The minimum Gasteiger partial charge on any atom is -0.459 e. The van der Waals surface area contributed by atoms with Gasteiger partial charge in [-0.25, -0.2) is 0 Å². The Balaban J connectivity index is 5.49. The maximum atomic E-state index is 13.4. The van der Waals surface area contributed by atoms with Crippen molar-refractivity contribution in [3.05, 3.63) is 0 Å². The van der Waals surface area contributed by atoms with Gasteiger partial charge in [0.15, 0.2) is 6.61 Å². The van der Waals surface area contributed by atoms with E-state index in [1.54, 1.807) is 0 Å². The Labute approximate surface area is 137 Å². The summed E-state index contributed by atoms with van der Waals surface area (Å²) in [6.07, 6.45) is 0. The summed E-state index contributed by atoms with van der Waals surface area (Å²) in [5.74, 6) is -26.7. The first kappa shape index (κ1) is 23.8. The number of aliphatic hydroxyl groups excluding tert-OH is 1. The first-order valence-electron chi connectivity index (χ1n) is 6.71. The Bertz CT molecular complexity index is 497. The summed E-state index contributed by atoms with van der Waals surface area (Å²) in [6.45, 7) is -1.32. The molecular weight excluding hydrogens is 372 g/mol. The first-order chi connectivity index (χ1) is 10.7. The molecule has 0 aromatic heterocycles. The van der Waals surface area contributed by atoms with Gasteiger partial charge in [0.1, 0.15) is 6.61 Å². The smallest absolute Gasteiger partial charge is 0.381 e. The number of alkyl halides is 8. The van der Waals surface area contributed by atoms with Crippen LogP contribution in [0.3, 0.4) is 0 Å². The van der Waals surface area contributed by atoms with Crippen molar-refractivity contribution in [1.82, 2.24) is 0 Å². The van der Waals surface area contributed by atoms with Crippen molar-refractivity contribution < 1.29 is 54.9 Å². The number of ether oxygens (including phenoxy) is 1. The average Bonchev–Trinajstić information content (AvgIpc) is 2.42. The number of halogens is 8. The average molecular weight is 390 g/mol. The summed E-state index contributed by atoms with van der Waals surface area (Å²) in [6, 6.07) is 0. The molecule has 0 rings (SSSR count). The molecule has 0 heterocycles. The highest BCUT2D eigenvalue weighted by atomic mass is 19.4. The molecule has 4 nitrogen and oxygen atoms in total. The number of hydrogen-bond acceptors (Lipinski definition) is 4. The van der Waals surface area contributed by atoms with Crippen LogP contribution in [0.4, 0.5) is 35.1 Å². The van der Waals surface area contributed by atoms with Crippen molar-refractivity contribution in [2.75, 3.05) is 13.2 Å². The van der Waals surface area contributed by atoms with E-state index >= 15 is 0 Å². The van der Waals surface area contributed by atoms with Gasteiger partial charge in [0.2, 0.25) is 0 Å². The van der Waals surface area contributed by atoms with Crippen LogP contribution in [0.15, 0.2) is 0 Å². The molecule has 0 spiro atoms. The highest BCUT2D eigenvalue weighted by molar-refractivity contribution is 5.77. The normalized spacial score (nSPS) is 15.3. The summed E-state index contributed by atoms with van der Waals surface area (Å²) in [7, 11) is 0. The second-order valence-electron chi connectivity index (χ2n) is 6.48. The second-order valence-corrected chi connectivity index (χ2v) is 6.48. The zero-order valence-electron chi connectivity index (χ0n) is 13.6. The first-order valence-corrected chi connectivity index (χ1v) is 6.71. The fraction of sp³-hybridized carbons (Fsp3) is 0.923. The number of aliphatic hydroxyl groups is 2. The van der Waals surface area contributed by atoms with Gasteiger partial charge in [0.05, 0.1) is 11.0 Å². The Morgan fingerprint density at radius 3 is 1.52 bits per heavy atom. The van der Waals surface area contributed by atoms with Gasteiger partial charge in [-0.15, -0.1) is 0 Å². The van der Waals surface area contributed by atoms with Crippen LogP contribution in [0.2, 0.25) is 0 Å². The standard InChI is InChI=1S/C13H18F8O4/c1-8(2,9(3,4)24)7(23)25-6-11(16,17)13(20,21)12(18,19)10(14,15)5-22/h22,24H,5-6H2,1-4H3. The molecule has 0 aromatic rings. The van der Waals surface area contributed by atoms with E-state index in [1.807, 2.05) is 0 Å². The molecule has 0 fully saturated rings. The van der Waals surface area contributed by atoms with Gasteiger partial charge in [-0.2, -0.15) is 35.1 Å². The highest BCUT2D eigenvalue weighted by Gasteiger charge is 2.80. The van der Waals surface area contributed by atoms with E-state index in [0.717, 1.165) is 27.7 Å². The molecule has 0 saturated heterocycles. The molecule has 0 atom stereocenters. The number of esters is 1. The lowest BCUT2D eigenvalue weighted by Crippen LogP contribution is -2.64. The predicted octanol–water partition coefficient (Wildman–Crippen LogP) is 2.86. The fourth-order valence-electron chi connectivity index (χ4n) is 1.24. The van der Waals surface area contributed by atoms with E-state index in [-0.39, 0.29) is 0 Å². The van der Waals surface area contributed by atoms with Crippen molar-refractivity contribution >= 4 is 5.97 Å². The van der Waals surface area contributed by atoms with Gasteiger partial charge in [-0.3, -0.25) is 4.79 Å². The zero-order valence-corrected chi connectivity index (χ0v) is 13.6. The van der Waals surface area contributed by atoms with Crippen molar-refractivity contribution in [1.29, 1.82) is 0 Å². The Kier molecular flexibility index (Phi) is 6.22. The Morgan fingerprint density at radius 2 is 1.20 bits per heavy atom. The predicted molar refractivity (Wildman–Crippen MR) is 67.9 cm³/mol. The third-order valence-corrected chi connectivity index (χ3v) is 3.94. The SMILES string of the molecule is CC(C)(O)C(C)(C)C(=O)OCC(F)(F)C(F)(F)C(F)(F)C(F)(F)CO. The third kappa shape index (κ3) is 3.99. The maximum absolute atomic E-state index is 13.4. The lowest BCUT2D eigenvalue weighted by Gasteiger charge is -2.37. The van der Waals surface area contributed by atoms with E-state index in [2.05, 4.69) is 4.74 Å². The molecule has 25 heavy (non-hydrogen) atoms. The molecule has 0 saturated carbocycles. The molecule has 2 N–H and O–H groups in total. The lowest BCUT2D eigenvalue weighted by molar-refractivity contribution is -0.374. The van der Waals surface area contributed by atoms with Gasteiger partial charge in [0, 0.05) is 0 Å². The zero-order chi connectivity index (χ0) is 20.7. The highest BCUT2D eigenvalue weighted by Crippen LogP contribution is 2.52. The molecular formula is C13H18F8O4. The van der Waals surface area contributed by atoms with Crippen molar-refractivity contribution in [3.8, 4) is 0 Å². The number of hydrogen-bond donors (Lipinski definition) is 2. The quantitative estimate of drug-likeness (QED) is 0.494. The van der Waals surface area contributed by atoms with Crippen LogP contribution in [-0.4, -0.2) is 58.7 Å². The molecule has 0 unspecified atom stereocenters. The van der Waals surface area contributed by atoms with Crippen molar-refractivity contribution in [2.45, 2.75) is 57.0 Å². The molecule has 0 radical (unpaired) electrons. The molecule has 0 aromatic carbocycles. The second kappa shape index (κ2) is 6.53. The molecule has 0 aliphatic heterocycles. The van der Waals surface area contributed by atoms with Crippen LogP contribution >= 0.6 is 0 Å². The summed E-state index contributed by atoms with van der Waals surface area (Å²) in [4.78, 5) is 11.7. The van der Waals surface area contributed by atoms with Crippen LogP contribution in [0.1, 0.15) is 27.7 Å². The van der Waals surface area contributed by atoms with Gasteiger partial charge < -0.3 is 14.9 Å². The summed E-state index contributed by atoms with van der Waals surface area (Å²) in [5.41, 5.74) is -3.77. The molecule has 0 bridgehead atoms. The van der Waals surface area contributed by atoms with Crippen molar-refractivity contribution in [2.24, 2.45) is 5.41 Å². The van der Waals surface area contributed by atoms with E-state index in [4.69, 9.17) is 5.11 Å². The van der Waals surface area contributed by atoms with Crippen LogP contribution in [0, 0.1) is 5.41 Å². The van der Waals surface area contributed by atoms with E-state index in [9.17, 15) is 45.0 Å². The molecule has 12 heteroatoms. The lowest BCUT2D eigenvalue weighted by atomic mass is 9.77. The minimum absolute atomic E-state index is 1.00. The van der Waals surface area contributed by atoms with Crippen molar-refractivity contribution in [3.63, 3.8) is 0 Å². The molecule has 0 aliphatic carbocycles. The van der Waals surface area contributed by atoms with Gasteiger partial charge >= 0.3 is 29.7 Å². The molecule has 0 aliphatic rings. The largest absolute Gasteiger partial charge is 0.459 e. The monoisotopic (exact) mass is 390 g/mol. The van der Waals surface area contributed by atoms with Gasteiger partial charge in [-0.1, -0.05) is 0 Å². The summed E-state index contributed by atoms with van der Waals surface area (Å²) in [5, 5.41) is 17.7. The number of rotatable bonds is 8. The van der Waals surface area contributed by atoms with Crippen LogP contribution in [-0.2, 0) is 9.53 Å². The Hall–Kier alpha value is -1.17. The van der Waals surface area contributed by atoms with Crippen LogP contribution < -0.4 is 0 Å². The van der Waals surface area contributed by atoms with Gasteiger partial charge in [-0.05, 0) is 27.7 Å². The fourth-order valence-corrected chi connectivity index (χ4v) is 1.24. The van der Waals surface area contributed by atoms with E-state index < -0.39 is 53.9 Å². The van der Waals surface area contributed by atoms with E-state index in [1.165, 1.54) is 0 Å². The topological polar surface area (TPSA) is 66.8 Å². The van der Waals surface area contributed by atoms with Crippen LogP contribution in [0.25, 0.3) is 0 Å². The summed E-state index contributed by atoms with van der Waals surface area (Å²) < 4.78 is 109. The third-order valence-electron chi connectivity index (χ3n) is 3.94.